The second kappa shape index (κ2) is 6.67. The molecule has 1 rings (SSSR count). The Morgan fingerprint density at radius 2 is 1.81 bits per heavy atom. The molecule has 1 N–H and O–H groups in total. The molecular weight excluding hydrogens is 284 g/mol. The van der Waals surface area contributed by atoms with Gasteiger partial charge in [-0.2, -0.15) is 0 Å². The fraction of sp³-hybridized carbons (Fsp3) is 1.00. The summed E-state index contributed by atoms with van der Waals surface area (Å²) >= 11 is 0. The lowest BCUT2D eigenvalue weighted by molar-refractivity contribution is -0.156. The van der Waals surface area contributed by atoms with Crippen LogP contribution in [0, 0.1) is 0 Å². The van der Waals surface area contributed by atoms with E-state index in [-0.39, 0.29) is 30.0 Å². The summed E-state index contributed by atoms with van der Waals surface area (Å²) in [7, 11) is -1.88. The van der Waals surface area contributed by atoms with Crippen molar-refractivity contribution in [3.8, 4) is 0 Å². The van der Waals surface area contributed by atoms with E-state index in [1.807, 2.05) is 13.8 Å². The number of aliphatic hydroxyl groups is 1. The molecule has 0 aromatic heterocycles. The van der Waals surface area contributed by atoms with Gasteiger partial charge in [0.1, 0.15) is 12.2 Å². The monoisotopic (exact) mass is 318 g/mol. The summed E-state index contributed by atoms with van der Waals surface area (Å²) in [6.07, 6.45) is 1.43. The maximum Gasteiger partial charge on any atom is 0.192 e. The number of rotatable bonds is 6. The first kappa shape index (κ1) is 19.1. The molecule has 0 spiro atoms. The van der Waals surface area contributed by atoms with Crippen molar-refractivity contribution in [2.45, 2.75) is 96.6 Å². The van der Waals surface area contributed by atoms with Crippen LogP contribution in [0.1, 0.15) is 54.4 Å². The van der Waals surface area contributed by atoms with Crippen molar-refractivity contribution < 1.29 is 19.0 Å². The Labute approximate surface area is 131 Å². The van der Waals surface area contributed by atoms with E-state index in [0.717, 1.165) is 12.8 Å². The minimum atomic E-state index is -1.88. The maximum atomic E-state index is 9.59. The summed E-state index contributed by atoms with van der Waals surface area (Å²) in [5.41, 5.74) is 0. The molecule has 0 unspecified atom stereocenters. The molecule has 0 aromatic rings. The molecule has 0 saturated carbocycles. The summed E-state index contributed by atoms with van der Waals surface area (Å²) in [4.78, 5) is 0. The van der Waals surface area contributed by atoms with Crippen molar-refractivity contribution in [1.82, 2.24) is 0 Å². The first-order chi connectivity index (χ1) is 9.43. The van der Waals surface area contributed by atoms with Crippen molar-refractivity contribution in [3.05, 3.63) is 0 Å². The van der Waals surface area contributed by atoms with Crippen LogP contribution in [-0.2, 0) is 13.9 Å². The topological polar surface area (TPSA) is 47.9 Å². The zero-order chi connectivity index (χ0) is 16.5. The van der Waals surface area contributed by atoms with Gasteiger partial charge in [0.2, 0.25) is 0 Å². The molecule has 0 bridgehead atoms. The van der Waals surface area contributed by atoms with Crippen LogP contribution in [0.3, 0.4) is 0 Å². The smallest absolute Gasteiger partial charge is 0.192 e. The van der Waals surface area contributed by atoms with E-state index in [4.69, 9.17) is 13.9 Å². The molecule has 0 amide bonds. The Morgan fingerprint density at radius 1 is 1.24 bits per heavy atom. The van der Waals surface area contributed by atoms with Crippen LogP contribution >= 0.6 is 0 Å². The van der Waals surface area contributed by atoms with Crippen LogP contribution in [0.25, 0.3) is 0 Å². The van der Waals surface area contributed by atoms with Gasteiger partial charge in [-0.25, -0.2) is 0 Å². The fourth-order valence-electron chi connectivity index (χ4n) is 2.45. The summed E-state index contributed by atoms with van der Waals surface area (Å²) in [6.45, 7) is 17.1. The van der Waals surface area contributed by atoms with Crippen molar-refractivity contribution in [2.24, 2.45) is 0 Å². The molecule has 21 heavy (non-hydrogen) atoms. The third kappa shape index (κ3) is 4.76. The van der Waals surface area contributed by atoms with Gasteiger partial charge in [0.25, 0.3) is 0 Å². The van der Waals surface area contributed by atoms with Gasteiger partial charge in [0.15, 0.2) is 14.1 Å². The van der Waals surface area contributed by atoms with Gasteiger partial charge >= 0.3 is 0 Å². The maximum absolute atomic E-state index is 9.59. The summed E-state index contributed by atoms with van der Waals surface area (Å²) in [5.74, 6) is -0.652. The molecule has 1 aliphatic heterocycles. The van der Waals surface area contributed by atoms with Crippen molar-refractivity contribution in [3.63, 3.8) is 0 Å². The fourth-order valence-corrected chi connectivity index (χ4v) is 3.81. The Hall–Kier alpha value is 0.0569. The van der Waals surface area contributed by atoms with Crippen LogP contribution in [0.15, 0.2) is 0 Å². The van der Waals surface area contributed by atoms with Gasteiger partial charge in [-0.3, -0.25) is 0 Å². The lowest BCUT2D eigenvalue weighted by atomic mass is 10.0. The van der Waals surface area contributed by atoms with Crippen LogP contribution in [0.5, 0.6) is 0 Å². The van der Waals surface area contributed by atoms with E-state index in [1.54, 1.807) is 0 Å². The van der Waals surface area contributed by atoms with E-state index < -0.39 is 14.1 Å². The number of hydrogen-bond donors (Lipinski definition) is 1. The highest BCUT2D eigenvalue weighted by atomic mass is 28.4. The quantitative estimate of drug-likeness (QED) is 0.759. The normalized spacial score (nSPS) is 27.9. The minimum Gasteiger partial charge on any atom is -0.411 e. The number of hydrogen-bond acceptors (Lipinski definition) is 4. The first-order valence-corrected chi connectivity index (χ1v) is 11.0. The van der Waals surface area contributed by atoms with Crippen LogP contribution in [0.2, 0.25) is 18.1 Å². The van der Waals surface area contributed by atoms with Crippen LogP contribution in [0.4, 0.5) is 0 Å². The molecule has 1 heterocycles. The molecule has 5 heteroatoms. The molecule has 1 saturated heterocycles. The average Bonchev–Trinajstić information content (AvgIpc) is 2.62. The third-order valence-corrected chi connectivity index (χ3v) is 9.10. The van der Waals surface area contributed by atoms with Gasteiger partial charge in [-0.1, -0.05) is 34.1 Å². The van der Waals surface area contributed by atoms with E-state index >= 15 is 0 Å². The van der Waals surface area contributed by atoms with E-state index in [9.17, 15) is 5.11 Å². The molecule has 3 atom stereocenters. The predicted molar refractivity (Wildman–Crippen MR) is 87.9 cm³/mol. The van der Waals surface area contributed by atoms with Crippen LogP contribution < -0.4 is 0 Å². The zero-order valence-corrected chi connectivity index (χ0v) is 16.0. The largest absolute Gasteiger partial charge is 0.411 e. The molecule has 1 fully saturated rings. The van der Waals surface area contributed by atoms with E-state index in [0.29, 0.717) is 0 Å². The number of ether oxygens (including phenoxy) is 2. The van der Waals surface area contributed by atoms with E-state index in [1.165, 1.54) is 0 Å². The van der Waals surface area contributed by atoms with Gasteiger partial charge < -0.3 is 19.0 Å². The molecule has 0 aromatic carbocycles. The minimum absolute atomic E-state index is 0.0187. The van der Waals surface area contributed by atoms with Crippen molar-refractivity contribution >= 4 is 8.32 Å². The Bertz CT molecular complexity index is 336. The lowest BCUT2D eigenvalue weighted by Crippen LogP contribution is -2.49. The van der Waals surface area contributed by atoms with Gasteiger partial charge in [-0.15, -0.1) is 0 Å². The molecule has 1 aliphatic rings. The first-order valence-electron chi connectivity index (χ1n) is 8.08. The molecule has 126 valence electrons. The second-order valence-corrected chi connectivity index (χ2v) is 12.8. The molecular formula is C16H34O4Si. The van der Waals surface area contributed by atoms with Gasteiger partial charge in [0.05, 0.1) is 12.7 Å². The standard InChI is InChI=1S/C16H34O4Si/c1-9-10-12(20-21(7,8)15(2,3)4)14-13(11-17)18-16(5,6)19-14/h12-14,17H,9-11H2,1-8H3/t12-,13+,14-/m1/s1. The summed E-state index contributed by atoms with van der Waals surface area (Å²) < 4.78 is 18.4. The highest BCUT2D eigenvalue weighted by Gasteiger charge is 2.48. The predicted octanol–water partition coefficient (Wildman–Crippen LogP) is 3.69. The van der Waals surface area contributed by atoms with Crippen molar-refractivity contribution in [1.29, 1.82) is 0 Å². The Morgan fingerprint density at radius 3 is 2.24 bits per heavy atom. The van der Waals surface area contributed by atoms with Gasteiger partial charge in [-0.05, 0) is 38.4 Å². The SMILES string of the molecule is CCC[C@@H](O[Si](C)(C)C(C)(C)C)[C@H]1OC(C)(C)O[C@H]1CO. The zero-order valence-electron chi connectivity index (χ0n) is 15.0. The molecule has 4 nitrogen and oxygen atoms in total. The highest BCUT2D eigenvalue weighted by molar-refractivity contribution is 6.74. The third-order valence-electron chi connectivity index (χ3n) is 4.59. The molecule has 0 radical (unpaired) electrons. The average molecular weight is 319 g/mol. The van der Waals surface area contributed by atoms with Crippen molar-refractivity contribution in [2.75, 3.05) is 6.61 Å². The Balaban J connectivity index is 2.91. The van der Waals surface area contributed by atoms with Crippen LogP contribution in [-0.4, -0.2) is 44.1 Å². The molecule has 0 aliphatic carbocycles. The highest BCUT2D eigenvalue weighted by Crippen LogP contribution is 2.40. The lowest BCUT2D eigenvalue weighted by Gasteiger charge is -2.41. The van der Waals surface area contributed by atoms with Gasteiger partial charge in [0, 0.05) is 0 Å². The van der Waals surface area contributed by atoms with E-state index in [2.05, 4.69) is 40.8 Å². The summed E-state index contributed by atoms with van der Waals surface area (Å²) in [5, 5.41) is 9.75. The Kier molecular flexibility index (Phi) is 6.06. The second-order valence-electron chi connectivity index (χ2n) is 8.03. The number of aliphatic hydroxyl groups excluding tert-OH is 1. The summed E-state index contributed by atoms with van der Waals surface area (Å²) in [6, 6.07) is 0.